The van der Waals surface area contributed by atoms with Gasteiger partial charge in [-0.05, 0) is 48.4 Å². The molecular weight excluding hydrogens is 344 g/mol. The minimum absolute atomic E-state index is 0.0113. The van der Waals surface area contributed by atoms with Gasteiger partial charge in [0.1, 0.15) is 0 Å². The topological polar surface area (TPSA) is 58.2 Å². The van der Waals surface area contributed by atoms with Crippen LogP contribution in [0.1, 0.15) is 29.7 Å². The molecule has 1 aromatic heterocycles. The van der Waals surface area contributed by atoms with Crippen molar-refractivity contribution in [2.75, 3.05) is 6.54 Å². The molecule has 0 aliphatic rings. The smallest absolute Gasteiger partial charge is 0.239 e. The molecule has 2 aromatic rings. The lowest BCUT2D eigenvalue weighted by atomic mass is 10.1. The predicted octanol–water partition coefficient (Wildman–Crippen LogP) is 3.55. The highest BCUT2D eigenvalue weighted by atomic mass is 35.5. The van der Waals surface area contributed by atoms with Gasteiger partial charge in [-0.25, -0.2) is 0 Å². The van der Waals surface area contributed by atoms with Crippen LogP contribution in [-0.4, -0.2) is 18.4 Å². The molecule has 0 aliphatic carbocycles. The fourth-order valence-electron chi connectivity index (χ4n) is 2.17. The van der Waals surface area contributed by atoms with Gasteiger partial charge in [0.25, 0.3) is 0 Å². The van der Waals surface area contributed by atoms with Crippen molar-refractivity contribution < 1.29 is 9.59 Å². The van der Waals surface area contributed by atoms with Gasteiger partial charge in [0.15, 0.2) is 0 Å². The second-order valence-corrected chi connectivity index (χ2v) is 6.94. The molecule has 0 atom stereocenters. The molecule has 0 bridgehead atoms. The van der Waals surface area contributed by atoms with Gasteiger partial charge < -0.3 is 10.6 Å². The van der Waals surface area contributed by atoms with Crippen molar-refractivity contribution in [2.45, 2.75) is 32.2 Å². The molecule has 0 fully saturated rings. The van der Waals surface area contributed by atoms with Crippen LogP contribution < -0.4 is 10.6 Å². The van der Waals surface area contributed by atoms with Crippen molar-refractivity contribution in [2.24, 2.45) is 0 Å². The van der Waals surface area contributed by atoms with E-state index in [-0.39, 0.29) is 18.4 Å². The number of rotatable bonds is 9. The van der Waals surface area contributed by atoms with Gasteiger partial charge in [-0.3, -0.25) is 9.59 Å². The number of unbranched alkanes of at least 4 members (excludes halogenated alkanes) is 1. The van der Waals surface area contributed by atoms with Crippen molar-refractivity contribution >= 4 is 34.8 Å². The first-order valence-electron chi connectivity index (χ1n) is 7.94. The maximum absolute atomic E-state index is 11.7. The number of nitrogens with one attached hydrogen (secondary N) is 2. The van der Waals surface area contributed by atoms with E-state index in [1.807, 2.05) is 18.2 Å². The Hall–Kier alpha value is -1.85. The highest BCUT2D eigenvalue weighted by Gasteiger charge is 2.05. The molecule has 2 amide bonds. The monoisotopic (exact) mass is 364 g/mol. The lowest BCUT2D eigenvalue weighted by Crippen LogP contribution is -2.36. The molecule has 6 heteroatoms. The molecule has 0 saturated heterocycles. The first kappa shape index (κ1) is 18.5. The average Bonchev–Trinajstić information content (AvgIpc) is 3.10. The fourth-order valence-corrected chi connectivity index (χ4v) is 3.05. The van der Waals surface area contributed by atoms with Crippen LogP contribution in [0.5, 0.6) is 0 Å². The van der Waals surface area contributed by atoms with Crippen LogP contribution in [0.15, 0.2) is 41.8 Å². The minimum atomic E-state index is -0.197. The molecule has 1 heterocycles. The number of benzene rings is 1. The van der Waals surface area contributed by atoms with Gasteiger partial charge in [-0.15, -0.1) is 11.3 Å². The van der Waals surface area contributed by atoms with Crippen molar-refractivity contribution in [1.29, 1.82) is 0 Å². The van der Waals surface area contributed by atoms with E-state index in [1.165, 1.54) is 4.88 Å². The summed E-state index contributed by atoms with van der Waals surface area (Å²) >= 11 is 7.55. The number of hydrogen-bond acceptors (Lipinski definition) is 3. The number of amides is 2. The number of carbonyl (C=O) groups is 2. The van der Waals surface area contributed by atoms with E-state index < -0.39 is 0 Å². The third-order valence-electron chi connectivity index (χ3n) is 3.51. The molecule has 0 aliphatic heterocycles. The van der Waals surface area contributed by atoms with Gasteiger partial charge >= 0.3 is 0 Å². The summed E-state index contributed by atoms with van der Waals surface area (Å²) in [6, 6.07) is 11.4. The molecule has 4 nitrogen and oxygen atoms in total. The maximum Gasteiger partial charge on any atom is 0.239 e. The minimum Gasteiger partial charge on any atom is -0.350 e. The van der Waals surface area contributed by atoms with Crippen molar-refractivity contribution in [3.05, 3.63) is 57.2 Å². The number of thiophene rings is 1. The van der Waals surface area contributed by atoms with E-state index in [0.717, 1.165) is 24.8 Å². The summed E-state index contributed by atoms with van der Waals surface area (Å²) in [5.74, 6) is -0.278. The average molecular weight is 365 g/mol. The highest BCUT2D eigenvalue weighted by Crippen LogP contribution is 2.12. The molecule has 1 aromatic carbocycles. The van der Waals surface area contributed by atoms with Crippen LogP contribution in [0, 0.1) is 0 Å². The Morgan fingerprint density at radius 2 is 1.79 bits per heavy atom. The Kier molecular flexibility index (Phi) is 7.79. The van der Waals surface area contributed by atoms with E-state index in [2.05, 4.69) is 22.1 Å². The standard InChI is InChI=1S/C18H21ClN2O2S/c19-15-9-7-14(8-10-15)12-20-18(23)13-21-17(22)6-2-1-4-16-5-3-11-24-16/h3,5,7-11H,1-2,4,6,12-13H2,(H,20,23)(H,21,22). The van der Waals surface area contributed by atoms with Gasteiger partial charge in [0, 0.05) is 22.9 Å². The Morgan fingerprint density at radius 1 is 1.00 bits per heavy atom. The third-order valence-corrected chi connectivity index (χ3v) is 4.69. The van der Waals surface area contributed by atoms with Crippen LogP contribution in [0.3, 0.4) is 0 Å². The van der Waals surface area contributed by atoms with Crippen molar-refractivity contribution in [3.8, 4) is 0 Å². The maximum atomic E-state index is 11.7. The summed E-state index contributed by atoms with van der Waals surface area (Å²) in [5, 5.41) is 8.14. The zero-order valence-corrected chi connectivity index (χ0v) is 15.0. The largest absolute Gasteiger partial charge is 0.350 e. The molecule has 2 rings (SSSR count). The first-order valence-corrected chi connectivity index (χ1v) is 9.19. The summed E-state index contributed by atoms with van der Waals surface area (Å²) < 4.78 is 0. The van der Waals surface area contributed by atoms with E-state index in [0.29, 0.717) is 18.0 Å². The summed E-state index contributed by atoms with van der Waals surface area (Å²) in [5.41, 5.74) is 0.965. The number of halogens is 1. The second kappa shape index (κ2) is 10.1. The molecule has 128 valence electrons. The summed E-state index contributed by atoms with van der Waals surface area (Å²) in [7, 11) is 0. The van der Waals surface area contributed by atoms with Gasteiger partial charge in [-0.2, -0.15) is 0 Å². The van der Waals surface area contributed by atoms with E-state index in [4.69, 9.17) is 11.6 Å². The van der Waals surface area contributed by atoms with Gasteiger partial charge in [0.2, 0.25) is 11.8 Å². The molecule has 24 heavy (non-hydrogen) atoms. The number of aryl methyl sites for hydroxylation is 1. The molecule has 2 N–H and O–H groups in total. The quantitative estimate of drug-likeness (QED) is 0.668. The van der Waals surface area contributed by atoms with Crippen LogP contribution in [-0.2, 0) is 22.6 Å². The van der Waals surface area contributed by atoms with Crippen LogP contribution in [0.25, 0.3) is 0 Å². The lowest BCUT2D eigenvalue weighted by molar-refractivity contribution is -0.126. The number of hydrogen-bond donors (Lipinski definition) is 2. The fraction of sp³-hybridized carbons (Fsp3) is 0.333. The predicted molar refractivity (Wildman–Crippen MR) is 98.2 cm³/mol. The molecular formula is C18H21ClN2O2S. The molecule has 0 unspecified atom stereocenters. The third kappa shape index (κ3) is 7.15. The van der Waals surface area contributed by atoms with E-state index in [1.54, 1.807) is 23.5 Å². The van der Waals surface area contributed by atoms with Crippen molar-refractivity contribution in [3.63, 3.8) is 0 Å². The first-order chi connectivity index (χ1) is 11.6. The highest BCUT2D eigenvalue weighted by molar-refractivity contribution is 7.09. The van der Waals surface area contributed by atoms with Crippen LogP contribution >= 0.6 is 22.9 Å². The Balaban J connectivity index is 1.54. The second-order valence-electron chi connectivity index (χ2n) is 5.47. The number of carbonyl (C=O) groups excluding carboxylic acids is 2. The zero-order chi connectivity index (χ0) is 17.2. The summed E-state index contributed by atoms with van der Waals surface area (Å²) in [6.07, 6.45) is 3.27. The Morgan fingerprint density at radius 3 is 2.50 bits per heavy atom. The van der Waals surface area contributed by atoms with Gasteiger partial charge in [-0.1, -0.05) is 29.8 Å². The molecule has 0 spiro atoms. The van der Waals surface area contributed by atoms with Crippen LogP contribution in [0.4, 0.5) is 0 Å². The normalized spacial score (nSPS) is 10.4. The zero-order valence-electron chi connectivity index (χ0n) is 13.4. The Labute approximate surface area is 151 Å². The SMILES string of the molecule is O=C(CCCCc1cccs1)NCC(=O)NCc1ccc(Cl)cc1. The summed E-state index contributed by atoms with van der Waals surface area (Å²) in [4.78, 5) is 24.8. The lowest BCUT2D eigenvalue weighted by Gasteiger charge is -2.07. The van der Waals surface area contributed by atoms with Gasteiger partial charge in [0.05, 0.1) is 6.54 Å². The van der Waals surface area contributed by atoms with Crippen molar-refractivity contribution in [1.82, 2.24) is 10.6 Å². The van der Waals surface area contributed by atoms with Crippen LogP contribution in [0.2, 0.25) is 5.02 Å². The van der Waals surface area contributed by atoms with E-state index in [9.17, 15) is 9.59 Å². The Bertz CT molecular complexity index is 642. The summed E-state index contributed by atoms with van der Waals surface area (Å²) in [6.45, 7) is 0.435. The van der Waals surface area contributed by atoms with E-state index >= 15 is 0 Å². The molecule has 0 radical (unpaired) electrons. The molecule has 0 saturated carbocycles.